The van der Waals surface area contributed by atoms with Crippen LogP contribution in [0.25, 0.3) is 11.2 Å². The molecule has 0 radical (unpaired) electrons. The van der Waals surface area contributed by atoms with Gasteiger partial charge >= 0.3 is 0 Å². The Bertz CT molecular complexity index is 486. The van der Waals surface area contributed by atoms with E-state index >= 15 is 0 Å². The molecule has 0 fully saturated rings. The quantitative estimate of drug-likeness (QED) is 0.598. The zero-order chi connectivity index (χ0) is 8.72. The smallest absolute Gasteiger partial charge is 0.213 e. The Morgan fingerprint density at radius 1 is 1.50 bits per heavy atom. The van der Waals surface area contributed by atoms with Crippen molar-refractivity contribution in [1.82, 2.24) is 15.0 Å². The number of anilines is 1. The highest BCUT2D eigenvalue weighted by Gasteiger charge is 2.06. The predicted molar refractivity (Wildman–Crippen MR) is 46.1 cm³/mol. The van der Waals surface area contributed by atoms with Crippen LogP contribution in [0.1, 0.15) is 5.89 Å². The summed E-state index contributed by atoms with van der Waals surface area (Å²) < 4.78 is 5.49. The van der Waals surface area contributed by atoms with Crippen molar-refractivity contribution >= 4 is 29.3 Å². The zero-order valence-electron chi connectivity index (χ0n) is 6.29. The number of nitrogens with one attached hydrogen (secondary N) is 1. The van der Waals surface area contributed by atoms with Gasteiger partial charge in [0.1, 0.15) is 0 Å². The third-order valence-corrected chi connectivity index (χ3v) is 1.60. The Hall–Kier alpha value is -1.43. The second-order valence-corrected chi connectivity index (χ2v) is 2.73. The third-order valence-electron chi connectivity index (χ3n) is 1.41. The maximum Gasteiger partial charge on any atom is 0.213 e. The normalized spacial score (nSPS) is 10.8. The van der Waals surface area contributed by atoms with Gasteiger partial charge in [-0.1, -0.05) is 0 Å². The monoisotopic (exact) mass is 182 g/mol. The van der Waals surface area contributed by atoms with Gasteiger partial charge in [0.2, 0.25) is 16.0 Å². The molecule has 62 valence electrons. The van der Waals surface area contributed by atoms with Crippen LogP contribution in [0.4, 0.5) is 5.82 Å². The lowest BCUT2D eigenvalue weighted by Crippen LogP contribution is -1.92. The minimum Gasteiger partial charge on any atom is -0.435 e. The molecule has 2 rings (SSSR count). The first-order valence-electron chi connectivity index (χ1n) is 3.30. The lowest BCUT2D eigenvalue weighted by atomic mass is 10.5. The largest absolute Gasteiger partial charge is 0.435 e. The number of hydrogen-bond acceptors (Lipinski definition) is 5. The van der Waals surface area contributed by atoms with E-state index in [0.717, 1.165) is 0 Å². The molecular weight excluding hydrogens is 176 g/mol. The van der Waals surface area contributed by atoms with Crippen LogP contribution >= 0.6 is 12.2 Å². The molecule has 2 aromatic heterocycles. The van der Waals surface area contributed by atoms with Gasteiger partial charge in [0.15, 0.2) is 11.7 Å². The van der Waals surface area contributed by atoms with E-state index in [1.807, 2.05) is 0 Å². The van der Waals surface area contributed by atoms with Crippen molar-refractivity contribution in [3.8, 4) is 0 Å². The number of hydrogen-bond donors (Lipinski definition) is 2. The maximum atomic E-state index is 5.57. The van der Waals surface area contributed by atoms with Gasteiger partial charge < -0.3 is 15.1 Å². The highest BCUT2D eigenvalue weighted by Crippen LogP contribution is 2.16. The first kappa shape index (κ1) is 7.23. The molecule has 0 aromatic carbocycles. The molecule has 5 nitrogen and oxygen atoms in total. The van der Waals surface area contributed by atoms with Crippen molar-refractivity contribution in [2.24, 2.45) is 0 Å². The van der Waals surface area contributed by atoms with Crippen LogP contribution in [-0.4, -0.2) is 15.0 Å². The highest BCUT2D eigenvalue weighted by molar-refractivity contribution is 7.71. The Balaban J connectivity index is 2.97. The van der Waals surface area contributed by atoms with Crippen LogP contribution in [-0.2, 0) is 0 Å². The first-order chi connectivity index (χ1) is 5.66. The van der Waals surface area contributed by atoms with E-state index in [0.29, 0.717) is 27.7 Å². The molecule has 2 heterocycles. The summed E-state index contributed by atoms with van der Waals surface area (Å²) in [5.74, 6) is 0.892. The molecule has 0 bridgehead atoms. The van der Waals surface area contributed by atoms with Gasteiger partial charge in [-0.05, 0) is 12.2 Å². The molecule has 2 aromatic rings. The lowest BCUT2D eigenvalue weighted by molar-refractivity contribution is 0.561. The minimum absolute atomic E-state index is 0.313. The summed E-state index contributed by atoms with van der Waals surface area (Å²) in [6.07, 6.45) is 0. The second kappa shape index (κ2) is 2.28. The van der Waals surface area contributed by atoms with E-state index in [2.05, 4.69) is 15.0 Å². The summed E-state index contributed by atoms with van der Waals surface area (Å²) in [4.78, 5) is 10.6. The molecule has 0 aliphatic rings. The maximum absolute atomic E-state index is 5.57. The fraction of sp³-hybridized carbons (Fsp3) is 0.167. The summed E-state index contributed by atoms with van der Waals surface area (Å²) >= 11 is 4.81. The number of nitrogen functional groups attached to an aromatic ring is 1. The molecule has 0 spiro atoms. The number of aromatic amines is 1. The summed E-state index contributed by atoms with van der Waals surface area (Å²) in [5.41, 5.74) is 6.49. The fourth-order valence-electron chi connectivity index (χ4n) is 0.963. The molecule has 12 heavy (non-hydrogen) atoms. The number of rotatable bonds is 0. The lowest BCUT2D eigenvalue weighted by Gasteiger charge is -1.91. The van der Waals surface area contributed by atoms with Crippen molar-refractivity contribution in [3.05, 3.63) is 10.7 Å². The summed E-state index contributed by atoms with van der Waals surface area (Å²) in [6, 6.07) is 0. The number of aromatic nitrogens is 3. The topological polar surface area (TPSA) is 80.7 Å². The van der Waals surface area contributed by atoms with Gasteiger partial charge in [-0.3, -0.25) is 0 Å². The number of fused-ring (bicyclic) bond motifs is 1. The van der Waals surface area contributed by atoms with Crippen LogP contribution in [0, 0.1) is 11.7 Å². The summed E-state index contributed by atoms with van der Waals surface area (Å²) in [6.45, 7) is 1.73. The van der Waals surface area contributed by atoms with Gasteiger partial charge in [0.05, 0.1) is 0 Å². The molecule has 0 saturated carbocycles. The van der Waals surface area contributed by atoms with Crippen LogP contribution in [0.5, 0.6) is 0 Å². The van der Waals surface area contributed by atoms with Crippen molar-refractivity contribution in [2.45, 2.75) is 6.92 Å². The van der Waals surface area contributed by atoms with Gasteiger partial charge in [0.25, 0.3) is 0 Å². The number of oxazole rings is 1. The standard InChI is InChI=1S/C6H6N4OS/c1-2-8-5-3(11-2)4(7)9-6(12)10-5/h1H3,(H3,7,9,10,12). The molecular formula is C6H6N4OS. The molecule has 6 heteroatoms. The van der Waals surface area contributed by atoms with Gasteiger partial charge in [-0.25, -0.2) is 0 Å². The average Bonchev–Trinajstić information content (AvgIpc) is 2.29. The summed E-state index contributed by atoms with van der Waals surface area (Å²) in [7, 11) is 0. The average molecular weight is 182 g/mol. The van der Waals surface area contributed by atoms with Crippen molar-refractivity contribution in [2.75, 3.05) is 5.73 Å². The van der Waals surface area contributed by atoms with Gasteiger partial charge in [-0.2, -0.15) is 9.97 Å². The molecule has 0 aliphatic heterocycles. The third kappa shape index (κ3) is 0.964. The van der Waals surface area contributed by atoms with Crippen molar-refractivity contribution in [1.29, 1.82) is 0 Å². The zero-order valence-corrected chi connectivity index (χ0v) is 7.10. The molecule has 0 aliphatic carbocycles. The van der Waals surface area contributed by atoms with E-state index in [-0.39, 0.29) is 0 Å². The van der Waals surface area contributed by atoms with E-state index < -0.39 is 0 Å². The minimum atomic E-state index is 0.313. The number of H-pyrrole nitrogens is 1. The van der Waals surface area contributed by atoms with Crippen LogP contribution in [0.2, 0.25) is 0 Å². The molecule has 0 atom stereocenters. The van der Waals surface area contributed by atoms with Crippen molar-refractivity contribution in [3.63, 3.8) is 0 Å². The Labute approximate surface area is 72.6 Å². The number of nitrogens with zero attached hydrogens (tertiary/aromatic N) is 2. The predicted octanol–water partition coefficient (Wildman–Crippen LogP) is 1.17. The van der Waals surface area contributed by atoms with Crippen LogP contribution in [0.3, 0.4) is 0 Å². The SMILES string of the molecule is Cc1nc2nc(=S)[nH]c(N)c2o1. The Morgan fingerprint density at radius 3 is 3.00 bits per heavy atom. The molecule has 0 amide bonds. The Morgan fingerprint density at radius 2 is 2.25 bits per heavy atom. The van der Waals surface area contributed by atoms with E-state index in [1.165, 1.54) is 0 Å². The molecule has 0 unspecified atom stereocenters. The number of aryl methyl sites for hydroxylation is 1. The first-order valence-corrected chi connectivity index (χ1v) is 3.70. The van der Waals surface area contributed by atoms with Crippen LogP contribution in [0.15, 0.2) is 4.42 Å². The molecule has 3 N–H and O–H groups in total. The van der Waals surface area contributed by atoms with Crippen LogP contribution < -0.4 is 5.73 Å². The van der Waals surface area contributed by atoms with E-state index in [9.17, 15) is 0 Å². The Kier molecular flexibility index (Phi) is 1.37. The highest BCUT2D eigenvalue weighted by atomic mass is 32.1. The van der Waals surface area contributed by atoms with Gasteiger partial charge in [0, 0.05) is 6.92 Å². The van der Waals surface area contributed by atoms with E-state index in [1.54, 1.807) is 6.92 Å². The second-order valence-electron chi connectivity index (χ2n) is 2.34. The van der Waals surface area contributed by atoms with Crippen molar-refractivity contribution < 1.29 is 4.42 Å². The fourth-order valence-corrected chi connectivity index (χ4v) is 1.16. The summed E-state index contributed by atoms with van der Waals surface area (Å²) in [5, 5.41) is 0. The molecule has 0 saturated heterocycles. The van der Waals surface area contributed by atoms with E-state index in [4.69, 9.17) is 22.4 Å². The number of nitrogens with two attached hydrogens (primary N) is 1. The van der Waals surface area contributed by atoms with Gasteiger partial charge in [-0.15, -0.1) is 0 Å².